The van der Waals surface area contributed by atoms with Crippen molar-refractivity contribution in [3.8, 4) is 5.75 Å². The lowest BCUT2D eigenvalue weighted by molar-refractivity contribution is 0.321. The summed E-state index contributed by atoms with van der Waals surface area (Å²) >= 11 is 0. The Labute approximate surface area is 143 Å². The number of hydrogen-bond acceptors (Lipinski definition) is 4. The van der Waals surface area contributed by atoms with Gasteiger partial charge in [-0.3, -0.25) is 0 Å². The Kier molecular flexibility index (Phi) is 5.26. The molecule has 0 radical (unpaired) electrons. The number of nitrogens with zero attached hydrogens (tertiary/aromatic N) is 3. The summed E-state index contributed by atoms with van der Waals surface area (Å²) in [6, 6.07) is 16.2. The van der Waals surface area contributed by atoms with E-state index >= 15 is 0 Å². The van der Waals surface area contributed by atoms with Crippen LogP contribution in [0.15, 0.2) is 54.9 Å². The molecule has 1 aromatic heterocycles. The van der Waals surface area contributed by atoms with Gasteiger partial charge in [-0.15, -0.1) is 0 Å². The maximum atomic E-state index is 5.96. The van der Waals surface area contributed by atoms with E-state index in [-0.39, 0.29) is 0 Å². The maximum absolute atomic E-state index is 5.96. The molecule has 0 N–H and O–H groups in total. The lowest BCUT2D eigenvalue weighted by Crippen LogP contribution is -2.30. The quantitative estimate of drug-likeness (QED) is 0.652. The summed E-state index contributed by atoms with van der Waals surface area (Å²) in [5.74, 6) is 1.93. The molecule has 0 aliphatic rings. The van der Waals surface area contributed by atoms with Crippen molar-refractivity contribution in [3.63, 3.8) is 0 Å². The van der Waals surface area contributed by atoms with Gasteiger partial charge in [-0.05, 0) is 37.1 Å². The van der Waals surface area contributed by atoms with Gasteiger partial charge in [0, 0.05) is 11.9 Å². The van der Waals surface area contributed by atoms with E-state index in [1.54, 1.807) is 6.33 Å². The van der Waals surface area contributed by atoms with Crippen LogP contribution in [0, 0.1) is 6.92 Å². The van der Waals surface area contributed by atoms with E-state index < -0.39 is 0 Å². The first-order valence-corrected chi connectivity index (χ1v) is 8.42. The van der Waals surface area contributed by atoms with Crippen LogP contribution in [-0.2, 0) is 0 Å². The number of anilines is 1. The van der Waals surface area contributed by atoms with E-state index in [4.69, 9.17) is 4.74 Å². The van der Waals surface area contributed by atoms with E-state index in [0.29, 0.717) is 6.61 Å². The fourth-order valence-corrected chi connectivity index (χ4v) is 2.82. The van der Waals surface area contributed by atoms with Crippen LogP contribution >= 0.6 is 0 Å². The van der Waals surface area contributed by atoms with Gasteiger partial charge in [-0.2, -0.15) is 0 Å². The molecule has 3 rings (SSSR count). The predicted octanol–water partition coefficient (Wildman–Crippen LogP) is 4.23. The molecular formula is C20H23N3O. The summed E-state index contributed by atoms with van der Waals surface area (Å²) in [5, 5.41) is 1.09. The largest absolute Gasteiger partial charge is 0.491 e. The van der Waals surface area contributed by atoms with Crippen LogP contribution in [0.4, 0.5) is 5.82 Å². The fourth-order valence-electron chi connectivity index (χ4n) is 2.82. The molecule has 4 heteroatoms. The van der Waals surface area contributed by atoms with Gasteiger partial charge in [0.05, 0.1) is 12.1 Å². The van der Waals surface area contributed by atoms with Gasteiger partial charge >= 0.3 is 0 Å². The number of fused-ring (bicyclic) bond motifs is 1. The van der Waals surface area contributed by atoms with Crippen LogP contribution in [0.5, 0.6) is 5.75 Å². The van der Waals surface area contributed by atoms with Crippen LogP contribution in [-0.4, -0.2) is 29.7 Å². The zero-order chi connectivity index (χ0) is 16.8. The number of aryl methyl sites for hydroxylation is 1. The third-order valence-corrected chi connectivity index (χ3v) is 4.03. The molecule has 0 saturated carbocycles. The van der Waals surface area contributed by atoms with Crippen molar-refractivity contribution >= 4 is 16.7 Å². The Balaban J connectivity index is 1.76. The molecule has 1 heterocycles. The number of hydrogen-bond donors (Lipinski definition) is 0. The summed E-state index contributed by atoms with van der Waals surface area (Å²) < 4.78 is 5.96. The molecule has 124 valence electrons. The number of benzene rings is 2. The number of ether oxygens (including phenoxy) is 1. The highest BCUT2D eigenvalue weighted by Gasteiger charge is 2.12. The van der Waals surface area contributed by atoms with Crippen LogP contribution in [0.1, 0.15) is 18.9 Å². The van der Waals surface area contributed by atoms with Gasteiger partial charge in [-0.25, -0.2) is 9.97 Å². The lowest BCUT2D eigenvalue weighted by Gasteiger charge is -2.24. The Morgan fingerprint density at radius 1 is 0.958 bits per heavy atom. The van der Waals surface area contributed by atoms with E-state index in [1.807, 2.05) is 36.4 Å². The Bertz CT molecular complexity index is 798. The average Bonchev–Trinajstić information content (AvgIpc) is 2.62. The second-order valence-electron chi connectivity index (χ2n) is 5.82. The molecule has 0 aliphatic carbocycles. The van der Waals surface area contributed by atoms with Crippen molar-refractivity contribution in [2.45, 2.75) is 20.3 Å². The topological polar surface area (TPSA) is 38.2 Å². The molecule has 0 unspecified atom stereocenters. The summed E-state index contributed by atoms with van der Waals surface area (Å²) in [6.45, 7) is 6.61. The number of rotatable bonds is 7. The molecule has 0 amide bonds. The molecule has 0 bridgehead atoms. The molecule has 0 aliphatic heterocycles. The van der Waals surface area contributed by atoms with Crippen LogP contribution < -0.4 is 9.64 Å². The highest BCUT2D eigenvalue weighted by molar-refractivity contribution is 5.89. The number of aromatic nitrogens is 2. The first-order chi connectivity index (χ1) is 11.8. The van der Waals surface area contributed by atoms with E-state index in [1.165, 1.54) is 0 Å². The van der Waals surface area contributed by atoms with Crippen molar-refractivity contribution in [1.29, 1.82) is 0 Å². The van der Waals surface area contributed by atoms with Crippen molar-refractivity contribution in [3.05, 3.63) is 60.4 Å². The van der Waals surface area contributed by atoms with Crippen molar-refractivity contribution in [1.82, 2.24) is 9.97 Å². The summed E-state index contributed by atoms with van der Waals surface area (Å²) in [7, 11) is 0. The molecule has 0 spiro atoms. The molecule has 0 atom stereocenters. The minimum absolute atomic E-state index is 0.628. The first kappa shape index (κ1) is 16.2. The smallest absolute Gasteiger partial charge is 0.139 e. The average molecular weight is 321 g/mol. The third kappa shape index (κ3) is 3.65. The minimum atomic E-state index is 0.628. The van der Waals surface area contributed by atoms with Gasteiger partial charge in [0.15, 0.2) is 0 Å². The second-order valence-corrected chi connectivity index (χ2v) is 5.82. The molecule has 24 heavy (non-hydrogen) atoms. The maximum Gasteiger partial charge on any atom is 0.139 e. The molecule has 3 aromatic rings. The van der Waals surface area contributed by atoms with Crippen LogP contribution in [0.3, 0.4) is 0 Å². The lowest BCUT2D eigenvalue weighted by atomic mass is 10.2. The predicted molar refractivity (Wildman–Crippen MR) is 98.7 cm³/mol. The monoisotopic (exact) mass is 321 g/mol. The minimum Gasteiger partial charge on any atom is -0.491 e. The van der Waals surface area contributed by atoms with Gasteiger partial charge in [0.1, 0.15) is 24.5 Å². The fraction of sp³-hybridized carbons (Fsp3) is 0.300. The van der Waals surface area contributed by atoms with Crippen molar-refractivity contribution < 1.29 is 4.74 Å². The SMILES string of the molecule is CCCN(CCOc1ccccc1C)c1ncnc2ccccc12. The van der Waals surface area contributed by atoms with Gasteiger partial charge in [0.2, 0.25) is 0 Å². The summed E-state index contributed by atoms with van der Waals surface area (Å²) in [4.78, 5) is 11.2. The zero-order valence-corrected chi connectivity index (χ0v) is 14.3. The van der Waals surface area contributed by atoms with Gasteiger partial charge < -0.3 is 9.64 Å². The zero-order valence-electron chi connectivity index (χ0n) is 14.3. The van der Waals surface area contributed by atoms with Gasteiger partial charge in [0.25, 0.3) is 0 Å². The highest BCUT2D eigenvalue weighted by atomic mass is 16.5. The molecule has 0 saturated heterocycles. The second kappa shape index (κ2) is 7.77. The number of para-hydroxylation sites is 2. The Hall–Kier alpha value is -2.62. The third-order valence-electron chi connectivity index (χ3n) is 4.03. The van der Waals surface area contributed by atoms with Crippen LogP contribution in [0.25, 0.3) is 10.9 Å². The van der Waals surface area contributed by atoms with Crippen molar-refractivity contribution in [2.75, 3.05) is 24.6 Å². The van der Waals surface area contributed by atoms with Gasteiger partial charge in [-0.1, -0.05) is 37.3 Å². The van der Waals surface area contributed by atoms with Crippen LogP contribution in [0.2, 0.25) is 0 Å². The molecule has 0 fully saturated rings. The normalized spacial score (nSPS) is 10.8. The summed E-state index contributed by atoms with van der Waals surface area (Å²) in [6.07, 6.45) is 2.70. The Morgan fingerprint density at radius 2 is 1.75 bits per heavy atom. The first-order valence-electron chi connectivity index (χ1n) is 8.42. The highest BCUT2D eigenvalue weighted by Crippen LogP contribution is 2.23. The molecular weight excluding hydrogens is 298 g/mol. The van der Waals surface area contributed by atoms with Crippen molar-refractivity contribution in [2.24, 2.45) is 0 Å². The van der Waals surface area contributed by atoms with E-state index in [9.17, 15) is 0 Å². The standard InChI is InChI=1S/C20H23N3O/c1-3-12-23(13-14-24-19-11-7-4-8-16(19)2)20-17-9-5-6-10-18(17)21-15-22-20/h4-11,15H,3,12-14H2,1-2H3. The summed E-state index contributed by atoms with van der Waals surface area (Å²) in [5.41, 5.74) is 2.13. The van der Waals surface area contributed by atoms with E-state index in [0.717, 1.165) is 47.5 Å². The molecule has 4 nitrogen and oxygen atoms in total. The Morgan fingerprint density at radius 3 is 2.58 bits per heavy atom. The van der Waals surface area contributed by atoms with E-state index in [2.05, 4.69) is 40.8 Å². The molecule has 2 aromatic carbocycles.